The van der Waals surface area contributed by atoms with Crippen molar-refractivity contribution < 1.29 is 14.3 Å². The maximum Gasteiger partial charge on any atom is 0.222 e. The quantitative estimate of drug-likeness (QED) is 0.509. The Morgan fingerprint density at radius 3 is 2.62 bits per heavy atom. The fourth-order valence-electron chi connectivity index (χ4n) is 5.38. The van der Waals surface area contributed by atoms with Crippen LogP contribution in [0, 0.1) is 6.92 Å². The van der Waals surface area contributed by atoms with Crippen LogP contribution in [0.4, 0.5) is 0 Å². The van der Waals surface area contributed by atoms with Crippen molar-refractivity contribution in [3.63, 3.8) is 0 Å². The molecule has 5 heterocycles. The summed E-state index contributed by atoms with van der Waals surface area (Å²) in [6.45, 7) is 10.8. The van der Waals surface area contributed by atoms with Crippen LogP contribution in [0.2, 0.25) is 0 Å². The Labute approximate surface area is 218 Å². The topological polar surface area (TPSA) is 85.6 Å². The van der Waals surface area contributed by atoms with Gasteiger partial charge >= 0.3 is 0 Å². The maximum atomic E-state index is 12.1. The van der Waals surface area contributed by atoms with Crippen molar-refractivity contribution in [2.45, 2.75) is 46.1 Å². The standard InChI is InChI=1S/C28H36N6O3/c1-5-26(35)33-10-8-32(9-11-33)20(3)21-15-22(17-29-16-21)27-24-6-12-37-13-7-25(24)34(31-27)23-14-19(2)28(36-4)30-18-23/h14-18,20H,5-13H2,1-4H3/t20-/m1/s1. The first-order chi connectivity index (χ1) is 18.0. The van der Waals surface area contributed by atoms with Crippen LogP contribution in [-0.4, -0.2) is 82.0 Å². The van der Waals surface area contributed by atoms with E-state index < -0.39 is 0 Å². The van der Waals surface area contributed by atoms with E-state index in [1.54, 1.807) is 7.11 Å². The summed E-state index contributed by atoms with van der Waals surface area (Å²) in [5.41, 5.74) is 7.38. The average Bonchev–Trinajstić information content (AvgIpc) is 3.12. The molecule has 9 nitrogen and oxygen atoms in total. The van der Waals surface area contributed by atoms with E-state index in [0.29, 0.717) is 25.5 Å². The molecule has 9 heteroatoms. The van der Waals surface area contributed by atoms with Gasteiger partial charge in [-0.2, -0.15) is 5.10 Å². The van der Waals surface area contributed by atoms with Crippen LogP contribution in [-0.2, 0) is 22.4 Å². The molecule has 196 valence electrons. The molecule has 5 rings (SSSR count). The summed E-state index contributed by atoms with van der Waals surface area (Å²) in [6, 6.07) is 4.48. The summed E-state index contributed by atoms with van der Waals surface area (Å²) < 4.78 is 13.2. The van der Waals surface area contributed by atoms with Gasteiger partial charge in [-0.05, 0) is 38.0 Å². The molecule has 2 aliphatic rings. The van der Waals surface area contributed by atoms with Gasteiger partial charge in [0.2, 0.25) is 11.8 Å². The Balaban J connectivity index is 1.46. The van der Waals surface area contributed by atoms with Gasteiger partial charge in [0, 0.05) is 74.1 Å². The summed E-state index contributed by atoms with van der Waals surface area (Å²) in [7, 11) is 1.63. The maximum absolute atomic E-state index is 12.1. The number of amides is 1. The average molecular weight is 505 g/mol. The number of aromatic nitrogens is 4. The monoisotopic (exact) mass is 504 g/mol. The molecule has 0 unspecified atom stereocenters. The number of hydrogen-bond donors (Lipinski definition) is 0. The van der Waals surface area contributed by atoms with Crippen molar-refractivity contribution in [1.82, 2.24) is 29.5 Å². The Kier molecular flexibility index (Phi) is 7.53. The van der Waals surface area contributed by atoms with Crippen LogP contribution in [0.15, 0.2) is 30.7 Å². The molecular weight excluding hydrogens is 468 g/mol. The Hall–Kier alpha value is -3.30. The number of pyridine rings is 2. The minimum absolute atomic E-state index is 0.198. The third kappa shape index (κ3) is 5.10. The SMILES string of the molecule is CCC(=O)N1CCN([C@H](C)c2cncc(-c3nn(-c4cnc(OC)c(C)c4)c4c3CCOCC4)c2)CC1. The second kappa shape index (κ2) is 11.0. The van der Waals surface area contributed by atoms with Crippen molar-refractivity contribution in [1.29, 1.82) is 0 Å². The number of carbonyl (C=O) groups excluding carboxylic acids is 1. The zero-order valence-corrected chi connectivity index (χ0v) is 22.2. The zero-order chi connectivity index (χ0) is 25.9. The van der Waals surface area contributed by atoms with Crippen LogP contribution in [0.5, 0.6) is 5.88 Å². The molecule has 1 fully saturated rings. The van der Waals surface area contributed by atoms with Gasteiger partial charge in [-0.3, -0.25) is 14.7 Å². The van der Waals surface area contributed by atoms with E-state index >= 15 is 0 Å². The number of fused-ring (bicyclic) bond motifs is 1. The van der Waals surface area contributed by atoms with Crippen molar-refractivity contribution >= 4 is 5.91 Å². The number of ether oxygens (including phenoxy) is 2. The first kappa shape index (κ1) is 25.4. The fraction of sp³-hybridized carbons (Fsp3) is 0.500. The number of aryl methyl sites for hydroxylation is 1. The second-order valence-electron chi connectivity index (χ2n) is 9.77. The van der Waals surface area contributed by atoms with Gasteiger partial charge in [0.25, 0.3) is 0 Å². The van der Waals surface area contributed by atoms with Gasteiger partial charge in [-0.1, -0.05) is 6.92 Å². The Morgan fingerprint density at radius 1 is 1.11 bits per heavy atom. The lowest BCUT2D eigenvalue weighted by molar-refractivity contribution is -0.132. The van der Waals surface area contributed by atoms with Gasteiger partial charge < -0.3 is 14.4 Å². The lowest BCUT2D eigenvalue weighted by Crippen LogP contribution is -2.49. The number of rotatable bonds is 6. The van der Waals surface area contributed by atoms with Crippen LogP contribution in [0.25, 0.3) is 16.9 Å². The van der Waals surface area contributed by atoms with Crippen LogP contribution >= 0.6 is 0 Å². The van der Waals surface area contributed by atoms with Gasteiger partial charge in [0.15, 0.2) is 0 Å². The number of hydrogen-bond acceptors (Lipinski definition) is 7. The molecule has 0 bridgehead atoms. The predicted octanol–water partition coefficient (Wildman–Crippen LogP) is 3.38. The van der Waals surface area contributed by atoms with Crippen LogP contribution in [0.3, 0.4) is 0 Å². The molecule has 1 atom stereocenters. The highest BCUT2D eigenvalue weighted by atomic mass is 16.5. The Morgan fingerprint density at radius 2 is 1.89 bits per heavy atom. The van der Waals surface area contributed by atoms with Gasteiger partial charge in [-0.15, -0.1) is 0 Å². The third-order valence-electron chi connectivity index (χ3n) is 7.56. The largest absolute Gasteiger partial charge is 0.481 e. The molecule has 0 spiro atoms. The molecule has 0 aliphatic carbocycles. The summed E-state index contributed by atoms with van der Waals surface area (Å²) in [5, 5.41) is 5.10. The first-order valence-corrected chi connectivity index (χ1v) is 13.2. The van der Waals surface area contributed by atoms with Crippen LogP contribution in [0.1, 0.15) is 48.7 Å². The molecule has 3 aromatic heterocycles. The van der Waals surface area contributed by atoms with Gasteiger partial charge in [0.1, 0.15) is 0 Å². The summed E-state index contributed by atoms with van der Waals surface area (Å²) >= 11 is 0. The van der Waals surface area contributed by atoms with Gasteiger partial charge in [-0.25, -0.2) is 9.67 Å². The molecule has 0 saturated carbocycles. The fourth-order valence-corrected chi connectivity index (χ4v) is 5.38. The van der Waals surface area contributed by atoms with Gasteiger partial charge in [0.05, 0.1) is 43.6 Å². The molecular formula is C28H36N6O3. The number of methoxy groups -OCH3 is 1. The molecule has 1 saturated heterocycles. The number of nitrogens with zero attached hydrogens (tertiary/aromatic N) is 6. The minimum Gasteiger partial charge on any atom is -0.481 e. The molecule has 0 aromatic carbocycles. The lowest BCUT2D eigenvalue weighted by atomic mass is 10.0. The van der Waals surface area contributed by atoms with Crippen molar-refractivity contribution in [2.24, 2.45) is 0 Å². The van der Waals surface area contributed by atoms with E-state index in [4.69, 9.17) is 14.6 Å². The summed E-state index contributed by atoms with van der Waals surface area (Å²) in [5.74, 6) is 0.856. The Bertz CT molecular complexity index is 1260. The lowest BCUT2D eigenvalue weighted by Gasteiger charge is -2.38. The summed E-state index contributed by atoms with van der Waals surface area (Å²) in [4.78, 5) is 25.6. The van der Waals surface area contributed by atoms with E-state index in [1.165, 1.54) is 5.56 Å². The van der Waals surface area contributed by atoms with E-state index in [0.717, 1.165) is 72.8 Å². The smallest absolute Gasteiger partial charge is 0.222 e. The van der Waals surface area contributed by atoms with E-state index in [9.17, 15) is 4.79 Å². The first-order valence-electron chi connectivity index (χ1n) is 13.2. The second-order valence-corrected chi connectivity index (χ2v) is 9.77. The highest BCUT2D eigenvalue weighted by molar-refractivity contribution is 5.75. The third-order valence-corrected chi connectivity index (χ3v) is 7.56. The zero-order valence-electron chi connectivity index (χ0n) is 22.2. The van der Waals surface area contributed by atoms with Crippen molar-refractivity contribution in [2.75, 3.05) is 46.5 Å². The number of piperazine rings is 1. The van der Waals surface area contributed by atoms with Crippen LogP contribution < -0.4 is 4.74 Å². The van der Waals surface area contributed by atoms with E-state index in [-0.39, 0.29) is 11.9 Å². The predicted molar refractivity (Wildman–Crippen MR) is 141 cm³/mol. The van der Waals surface area contributed by atoms with Crippen molar-refractivity contribution in [3.05, 3.63) is 53.1 Å². The normalized spacial score (nSPS) is 17.2. The molecule has 37 heavy (non-hydrogen) atoms. The molecule has 2 aliphatic heterocycles. The number of carbonyl (C=O) groups is 1. The van der Waals surface area contributed by atoms with Crippen molar-refractivity contribution in [3.8, 4) is 22.8 Å². The van der Waals surface area contributed by atoms with E-state index in [2.05, 4.69) is 33.9 Å². The minimum atomic E-state index is 0.198. The highest BCUT2D eigenvalue weighted by Crippen LogP contribution is 2.32. The molecule has 0 radical (unpaired) electrons. The van der Waals surface area contributed by atoms with E-state index in [1.807, 2.05) is 42.0 Å². The molecule has 0 N–H and O–H groups in total. The molecule has 3 aromatic rings. The highest BCUT2D eigenvalue weighted by Gasteiger charge is 2.26. The molecule has 1 amide bonds. The summed E-state index contributed by atoms with van der Waals surface area (Å²) in [6.07, 6.45) is 7.83.